The summed E-state index contributed by atoms with van der Waals surface area (Å²) in [6.07, 6.45) is -1.92. The molecule has 2 heterocycles. The number of ether oxygens (including phenoxy) is 2. The Morgan fingerprint density at radius 1 is 1.18 bits per heavy atom. The van der Waals surface area contributed by atoms with Crippen LogP contribution in [0.15, 0.2) is 36.4 Å². The summed E-state index contributed by atoms with van der Waals surface area (Å²) in [7, 11) is -3.09. The number of ketones is 1. The molecule has 2 aromatic rings. The summed E-state index contributed by atoms with van der Waals surface area (Å²) in [5.74, 6) is -1.47. The number of nitrogens with zero attached hydrogens (tertiary/aromatic N) is 1. The van der Waals surface area contributed by atoms with Crippen molar-refractivity contribution in [1.29, 1.82) is 0 Å². The van der Waals surface area contributed by atoms with Crippen LogP contribution in [0, 0.1) is 13.8 Å². The molecule has 7 nitrogen and oxygen atoms in total. The maximum absolute atomic E-state index is 12.6. The number of hydrogen-bond donors (Lipinski definition) is 0. The van der Waals surface area contributed by atoms with Crippen molar-refractivity contribution in [3.8, 4) is 5.75 Å². The fourth-order valence-corrected chi connectivity index (χ4v) is 5.51. The lowest BCUT2D eigenvalue weighted by atomic mass is 10.1. The van der Waals surface area contributed by atoms with Gasteiger partial charge in [-0.1, -0.05) is 12.1 Å². The highest BCUT2D eigenvalue weighted by Gasteiger charge is 2.32. The van der Waals surface area contributed by atoms with Crippen LogP contribution in [-0.4, -0.2) is 49.2 Å². The molecule has 1 atom stereocenters. The fraction of sp³-hybridized carbons (Fsp3) is 0.364. The molecule has 0 aliphatic carbocycles. The summed E-state index contributed by atoms with van der Waals surface area (Å²) in [6.45, 7) is 3.00. The van der Waals surface area contributed by atoms with Gasteiger partial charge in [-0.2, -0.15) is 0 Å². The van der Waals surface area contributed by atoms with E-state index in [1.165, 1.54) is 18.2 Å². The first-order valence-corrected chi connectivity index (χ1v) is 11.8. The number of alkyl halides is 3. The van der Waals surface area contributed by atoms with Crippen LogP contribution in [0.1, 0.15) is 39.8 Å². The van der Waals surface area contributed by atoms with Gasteiger partial charge in [-0.25, -0.2) is 13.2 Å². The quantitative estimate of drug-likeness (QED) is 0.337. The highest BCUT2D eigenvalue weighted by molar-refractivity contribution is 7.91. The molecule has 1 saturated heterocycles. The van der Waals surface area contributed by atoms with Gasteiger partial charge in [0.05, 0.1) is 11.5 Å². The third-order valence-electron chi connectivity index (χ3n) is 5.23. The van der Waals surface area contributed by atoms with E-state index in [1.807, 2.05) is 4.57 Å². The van der Waals surface area contributed by atoms with Gasteiger partial charge in [0, 0.05) is 29.1 Å². The molecule has 0 amide bonds. The molecule has 0 spiro atoms. The predicted molar refractivity (Wildman–Crippen MR) is 114 cm³/mol. The number of hydrogen-bond acceptors (Lipinski definition) is 6. The number of carbonyl (C=O) groups excluding carboxylic acids is 2. The predicted octanol–water partition coefficient (Wildman–Crippen LogP) is 3.80. The number of benzene rings is 1. The number of esters is 1. The molecule has 0 radical (unpaired) electrons. The van der Waals surface area contributed by atoms with E-state index in [0.717, 1.165) is 23.9 Å². The van der Waals surface area contributed by atoms with E-state index < -0.39 is 34.6 Å². The van der Waals surface area contributed by atoms with Crippen molar-refractivity contribution in [2.75, 3.05) is 18.1 Å². The van der Waals surface area contributed by atoms with Gasteiger partial charge in [-0.05, 0) is 50.1 Å². The smallest absolute Gasteiger partial charge is 0.454 e. The van der Waals surface area contributed by atoms with Crippen LogP contribution in [0.25, 0.3) is 6.08 Å². The van der Waals surface area contributed by atoms with Crippen LogP contribution < -0.4 is 4.74 Å². The Labute approximate surface area is 188 Å². The molecule has 1 aromatic carbocycles. The molecule has 33 heavy (non-hydrogen) atoms. The van der Waals surface area contributed by atoms with Crippen molar-refractivity contribution in [2.24, 2.45) is 0 Å². The molecule has 0 saturated carbocycles. The molecule has 1 unspecified atom stereocenters. The van der Waals surface area contributed by atoms with Crippen molar-refractivity contribution in [3.05, 3.63) is 58.9 Å². The van der Waals surface area contributed by atoms with E-state index >= 15 is 0 Å². The molecule has 1 aliphatic heterocycles. The van der Waals surface area contributed by atoms with E-state index in [-0.39, 0.29) is 23.3 Å². The van der Waals surface area contributed by atoms with Gasteiger partial charge in [0.15, 0.2) is 16.4 Å². The standard InChI is InChI=1S/C22H22F3NO6S/c1-14-11-19(15(2)26(14)17-9-10-33(29,30)13-17)20(27)12-31-21(28)8-5-16-3-6-18(7-4-16)32-22(23,24)25/h3-8,11,17H,9-10,12-13H2,1-2H3/b8-5+. The molecule has 1 aliphatic rings. The Bertz CT molecular complexity index is 1180. The largest absolute Gasteiger partial charge is 0.573 e. The first-order chi connectivity index (χ1) is 15.3. The summed E-state index contributed by atoms with van der Waals surface area (Å²) in [6, 6.07) is 6.29. The average molecular weight is 485 g/mol. The minimum Gasteiger partial charge on any atom is -0.454 e. The Hall–Kier alpha value is -3.08. The van der Waals surface area contributed by atoms with Crippen LogP contribution in [0.2, 0.25) is 0 Å². The molecule has 0 N–H and O–H groups in total. The zero-order valence-corrected chi connectivity index (χ0v) is 18.7. The third kappa shape index (κ3) is 6.47. The van der Waals surface area contributed by atoms with Crippen LogP contribution >= 0.6 is 0 Å². The molecule has 3 rings (SSSR count). The maximum atomic E-state index is 12.6. The topological polar surface area (TPSA) is 91.7 Å². The number of aromatic nitrogens is 1. The molecular weight excluding hydrogens is 463 g/mol. The van der Waals surface area contributed by atoms with Gasteiger partial charge < -0.3 is 14.0 Å². The Morgan fingerprint density at radius 2 is 1.85 bits per heavy atom. The minimum atomic E-state index is -4.79. The lowest BCUT2D eigenvalue weighted by Crippen LogP contribution is -2.17. The van der Waals surface area contributed by atoms with E-state index in [0.29, 0.717) is 23.2 Å². The van der Waals surface area contributed by atoms with Gasteiger partial charge in [-0.15, -0.1) is 13.2 Å². The number of Topliss-reactive ketones (excluding diaryl/α,β-unsaturated/α-hetero) is 1. The Kier molecular flexibility index (Phi) is 7.01. The second-order valence-corrected chi connectivity index (χ2v) is 9.92. The summed E-state index contributed by atoms with van der Waals surface area (Å²) >= 11 is 0. The van der Waals surface area contributed by atoms with Crippen molar-refractivity contribution >= 4 is 27.7 Å². The van der Waals surface area contributed by atoms with Gasteiger partial charge in [0.1, 0.15) is 5.75 Å². The molecule has 1 fully saturated rings. The lowest BCUT2D eigenvalue weighted by molar-refractivity contribution is -0.274. The summed E-state index contributed by atoms with van der Waals surface area (Å²) in [4.78, 5) is 24.5. The van der Waals surface area contributed by atoms with Crippen LogP contribution in [0.4, 0.5) is 13.2 Å². The second-order valence-electron chi connectivity index (χ2n) is 7.69. The van der Waals surface area contributed by atoms with Gasteiger partial charge in [0.2, 0.25) is 5.78 Å². The van der Waals surface area contributed by atoms with Crippen molar-refractivity contribution in [2.45, 2.75) is 32.7 Å². The van der Waals surface area contributed by atoms with Gasteiger partial charge in [-0.3, -0.25) is 4.79 Å². The molecule has 178 valence electrons. The number of aryl methyl sites for hydroxylation is 1. The molecule has 11 heteroatoms. The average Bonchev–Trinajstić information content (AvgIpc) is 3.22. The van der Waals surface area contributed by atoms with Crippen molar-refractivity contribution in [3.63, 3.8) is 0 Å². The molecule has 1 aromatic heterocycles. The summed E-state index contributed by atoms with van der Waals surface area (Å²) in [5, 5.41) is 0. The van der Waals surface area contributed by atoms with Crippen molar-refractivity contribution in [1.82, 2.24) is 4.57 Å². The monoisotopic (exact) mass is 485 g/mol. The number of halogens is 3. The maximum Gasteiger partial charge on any atom is 0.573 e. The summed E-state index contributed by atoms with van der Waals surface area (Å²) < 4.78 is 70.7. The van der Waals surface area contributed by atoms with E-state index in [2.05, 4.69) is 4.74 Å². The lowest BCUT2D eigenvalue weighted by Gasteiger charge is -2.16. The minimum absolute atomic E-state index is 0.0279. The Balaban J connectivity index is 1.57. The highest BCUT2D eigenvalue weighted by atomic mass is 32.2. The number of rotatable bonds is 7. The third-order valence-corrected chi connectivity index (χ3v) is 6.98. The first kappa shape index (κ1) is 24.6. The zero-order valence-electron chi connectivity index (χ0n) is 17.9. The van der Waals surface area contributed by atoms with Crippen LogP contribution in [0.5, 0.6) is 5.75 Å². The van der Waals surface area contributed by atoms with Gasteiger partial charge in [0.25, 0.3) is 0 Å². The van der Waals surface area contributed by atoms with E-state index in [9.17, 15) is 31.2 Å². The molecule has 0 bridgehead atoms. The normalized spacial score (nSPS) is 17.9. The number of carbonyl (C=O) groups is 2. The SMILES string of the molecule is Cc1cc(C(=O)COC(=O)/C=C/c2ccc(OC(F)(F)F)cc2)c(C)n1C1CCS(=O)(=O)C1. The van der Waals surface area contributed by atoms with Gasteiger partial charge >= 0.3 is 12.3 Å². The highest BCUT2D eigenvalue weighted by Crippen LogP contribution is 2.29. The number of sulfone groups is 1. The van der Waals surface area contributed by atoms with Crippen LogP contribution in [-0.2, 0) is 19.4 Å². The van der Waals surface area contributed by atoms with E-state index in [4.69, 9.17) is 4.74 Å². The molecular formula is C22H22F3NO6S. The van der Waals surface area contributed by atoms with E-state index in [1.54, 1.807) is 19.9 Å². The summed E-state index contributed by atoms with van der Waals surface area (Å²) in [5.41, 5.74) is 2.16. The fourth-order valence-electron chi connectivity index (χ4n) is 3.81. The Morgan fingerprint density at radius 3 is 2.42 bits per heavy atom. The second kappa shape index (κ2) is 9.42. The van der Waals surface area contributed by atoms with Crippen LogP contribution in [0.3, 0.4) is 0 Å². The van der Waals surface area contributed by atoms with Crippen molar-refractivity contribution < 1.29 is 40.7 Å². The zero-order chi connectivity index (χ0) is 24.4. The first-order valence-electron chi connectivity index (χ1n) is 9.97.